The molecule has 0 aromatic heterocycles. The first-order valence-electron chi connectivity index (χ1n) is 13.0. The van der Waals surface area contributed by atoms with E-state index in [0.717, 1.165) is 37.2 Å². The normalized spacial score (nSPS) is 13.0. The fourth-order valence-electron chi connectivity index (χ4n) is 4.47. The van der Waals surface area contributed by atoms with Crippen LogP contribution in [0.2, 0.25) is 0 Å². The molecule has 0 spiro atoms. The molecule has 8 heteroatoms. The maximum atomic E-state index is 13.0. The Kier molecular flexibility index (Phi) is 8.58. The summed E-state index contributed by atoms with van der Waals surface area (Å²) in [6, 6.07) is 28.6. The van der Waals surface area contributed by atoms with Gasteiger partial charge in [0.1, 0.15) is 11.6 Å². The Labute approximate surface area is 232 Å². The van der Waals surface area contributed by atoms with Crippen molar-refractivity contribution in [3.05, 3.63) is 131 Å². The number of hydrazone groups is 1. The van der Waals surface area contributed by atoms with Crippen molar-refractivity contribution in [1.82, 2.24) is 10.3 Å². The van der Waals surface area contributed by atoms with Crippen LogP contribution >= 0.6 is 0 Å². The number of rotatable bonds is 9. The lowest BCUT2D eigenvalue weighted by molar-refractivity contribution is -0.118. The molecule has 1 aliphatic heterocycles. The number of hydrogen-bond acceptors (Lipinski definition) is 5. The smallest absolute Gasteiger partial charge is 0.271 e. The average molecular weight is 537 g/mol. The first-order chi connectivity index (χ1) is 19.5. The summed E-state index contributed by atoms with van der Waals surface area (Å²) in [4.78, 5) is 26.9. The van der Waals surface area contributed by atoms with Gasteiger partial charge < -0.3 is 10.1 Å². The fourth-order valence-corrected chi connectivity index (χ4v) is 4.47. The van der Waals surface area contributed by atoms with Gasteiger partial charge in [-0.05, 0) is 89.3 Å². The molecule has 1 heterocycles. The van der Waals surface area contributed by atoms with Gasteiger partial charge >= 0.3 is 0 Å². The van der Waals surface area contributed by atoms with Crippen LogP contribution in [0.4, 0.5) is 10.1 Å². The monoisotopic (exact) mass is 536 g/mol. The molecular weight excluding hydrogens is 507 g/mol. The molecule has 4 aromatic rings. The minimum Gasteiger partial charge on any atom is -0.484 e. The lowest BCUT2D eigenvalue weighted by Gasteiger charge is -2.28. The van der Waals surface area contributed by atoms with Crippen LogP contribution in [0, 0.1) is 5.82 Å². The molecule has 40 heavy (non-hydrogen) atoms. The molecule has 0 fully saturated rings. The Morgan fingerprint density at radius 3 is 2.38 bits per heavy atom. The van der Waals surface area contributed by atoms with Gasteiger partial charge in [-0.3, -0.25) is 14.5 Å². The number of carbonyl (C=O) groups excluding carboxylic acids is 2. The summed E-state index contributed by atoms with van der Waals surface area (Å²) in [6.45, 7) is 2.61. The zero-order valence-corrected chi connectivity index (χ0v) is 21.8. The summed E-state index contributed by atoms with van der Waals surface area (Å²) in [5.41, 5.74) is 8.31. The number of carbonyl (C=O) groups is 2. The molecule has 0 unspecified atom stereocenters. The van der Waals surface area contributed by atoms with Crippen molar-refractivity contribution >= 4 is 23.7 Å². The Morgan fingerprint density at radius 2 is 1.62 bits per heavy atom. The molecule has 0 atom stereocenters. The summed E-state index contributed by atoms with van der Waals surface area (Å²) in [7, 11) is 0. The number of nitrogens with one attached hydrogen (secondary N) is 2. The summed E-state index contributed by atoms with van der Waals surface area (Å²) < 4.78 is 18.5. The molecule has 202 valence electrons. The lowest BCUT2D eigenvalue weighted by Crippen LogP contribution is -2.30. The largest absolute Gasteiger partial charge is 0.484 e. The van der Waals surface area contributed by atoms with Crippen LogP contribution in [0.3, 0.4) is 0 Å². The summed E-state index contributed by atoms with van der Waals surface area (Å²) in [6.07, 6.45) is 2.59. The third-order valence-corrected chi connectivity index (χ3v) is 6.59. The van der Waals surface area contributed by atoms with E-state index in [9.17, 15) is 14.0 Å². The van der Waals surface area contributed by atoms with E-state index in [1.54, 1.807) is 24.3 Å². The Hall–Kier alpha value is -4.82. The second kappa shape index (κ2) is 12.8. The van der Waals surface area contributed by atoms with Crippen molar-refractivity contribution in [2.75, 3.05) is 18.5 Å². The molecular formula is C32H29FN4O3. The topological polar surface area (TPSA) is 83.0 Å². The summed E-state index contributed by atoms with van der Waals surface area (Å²) >= 11 is 0. The molecule has 2 N–H and O–H groups in total. The SMILES string of the molecule is O=C(COc1ccc(/C=N/NC(=O)c2ccc(CN3CCc4ccccc4C3)cc2)cc1)Nc1ccc(F)cc1. The number of nitrogens with zero attached hydrogens (tertiary/aromatic N) is 2. The van der Waals surface area contributed by atoms with Gasteiger partial charge in [0.25, 0.3) is 11.8 Å². The Morgan fingerprint density at radius 1 is 0.900 bits per heavy atom. The number of ether oxygens (including phenoxy) is 1. The van der Waals surface area contributed by atoms with Gasteiger partial charge in [-0.1, -0.05) is 36.4 Å². The quantitative estimate of drug-likeness (QED) is 0.229. The molecule has 0 bridgehead atoms. The van der Waals surface area contributed by atoms with Crippen LogP contribution in [-0.4, -0.2) is 36.1 Å². The van der Waals surface area contributed by atoms with Gasteiger partial charge in [-0.25, -0.2) is 9.82 Å². The van der Waals surface area contributed by atoms with Gasteiger partial charge in [-0.2, -0.15) is 5.10 Å². The van der Waals surface area contributed by atoms with E-state index in [1.807, 2.05) is 24.3 Å². The van der Waals surface area contributed by atoms with Crippen molar-refractivity contribution in [1.29, 1.82) is 0 Å². The number of amides is 2. The summed E-state index contributed by atoms with van der Waals surface area (Å²) in [5, 5.41) is 6.68. The first-order valence-corrected chi connectivity index (χ1v) is 13.0. The molecule has 4 aromatic carbocycles. The van der Waals surface area contributed by atoms with E-state index in [-0.39, 0.29) is 24.2 Å². The summed E-state index contributed by atoms with van der Waals surface area (Å²) in [5.74, 6) is -0.515. The highest BCUT2D eigenvalue weighted by Gasteiger charge is 2.16. The third-order valence-electron chi connectivity index (χ3n) is 6.59. The maximum Gasteiger partial charge on any atom is 0.271 e. The standard InChI is InChI=1S/C32H29FN4O3/c33-28-11-13-29(14-12-28)35-31(38)22-40-30-15-7-23(8-16-30)19-34-36-32(39)26-9-5-24(6-10-26)20-37-18-17-25-3-1-2-4-27(25)21-37/h1-16,19H,17-18,20-22H2,(H,35,38)(H,36,39)/b34-19+. The first kappa shape index (κ1) is 26.8. The molecule has 2 amide bonds. The number of anilines is 1. The zero-order valence-electron chi connectivity index (χ0n) is 21.8. The molecule has 0 radical (unpaired) electrons. The highest BCUT2D eigenvalue weighted by atomic mass is 19.1. The van der Waals surface area contributed by atoms with Crippen molar-refractivity contribution in [3.8, 4) is 5.75 Å². The highest BCUT2D eigenvalue weighted by Crippen LogP contribution is 2.20. The maximum absolute atomic E-state index is 13.0. The van der Waals surface area contributed by atoms with Crippen LogP contribution < -0.4 is 15.5 Å². The number of fused-ring (bicyclic) bond motifs is 1. The van der Waals surface area contributed by atoms with Crippen LogP contribution in [-0.2, 0) is 24.3 Å². The van der Waals surface area contributed by atoms with E-state index in [4.69, 9.17) is 4.74 Å². The molecule has 0 aliphatic carbocycles. The lowest BCUT2D eigenvalue weighted by atomic mass is 9.99. The van der Waals surface area contributed by atoms with E-state index >= 15 is 0 Å². The van der Waals surface area contributed by atoms with Gasteiger partial charge in [-0.15, -0.1) is 0 Å². The predicted molar refractivity (Wildman–Crippen MR) is 153 cm³/mol. The molecule has 0 saturated carbocycles. The minimum absolute atomic E-state index is 0.189. The molecule has 5 rings (SSSR count). The minimum atomic E-state index is -0.373. The van der Waals surface area contributed by atoms with E-state index in [2.05, 4.69) is 45.0 Å². The number of halogens is 1. The van der Waals surface area contributed by atoms with Crippen molar-refractivity contribution in [2.24, 2.45) is 5.10 Å². The van der Waals surface area contributed by atoms with Gasteiger partial charge in [0.2, 0.25) is 0 Å². The van der Waals surface area contributed by atoms with Crippen LogP contribution in [0.15, 0.2) is 102 Å². The second-order valence-electron chi connectivity index (χ2n) is 9.54. The van der Waals surface area contributed by atoms with Gasteiger partial charge in [0.05, 0.1) is 6.21 Å². The van der Waals surface area contributed by atoms with Crippen LogP contribution in [0.5, 0.6) is 5.75 Å². The van der Waals surface area contributed by atoms with E-state index < -0.39 is 0 Å². The number of hydrogen-bond donors (Lipinski definition) is 2. The van der Waals surface area contributed by atoms with Crippen molar-refractivity contribution in [3.63, 3.8) is 0 Å². The van der Waals surface area contributed by atoms with Gasteiger partial charge in [0.15, 0.2) is 6.61 Å². The Bertz CT molecular complexity index is 1490. The number of benzene rings is 4. The van der Waals surface area contributed by atoms with E-state index in [0.29, 0.717) is 17.0 Å². The zero-order chi connectivity index (χ0) is 27.7. The second-order valence-corrected chi connectivity index (χ2v) is 9.54. The molecule has 1 aliphatic rings. The fraction of sp³-hybridized carbons (Fsp3) is 0.156. The third kappa shape index (κ3) is 7.39. The average Bonchev–Trinajstić information content (AvgIpc) is 2.98. The molecule has 7 nitrogen and oxygen atoms in total. The highest BCUT2D eigenvalue weighted by molar-refractivity contribution is 5.95. The van der Waals surface area contributed by atoms with Crippen molar-refractivity contribution < 1.29 is 18.7 Å². The predicted octanol–water partition coefficient (Wildman–Crippen LogP) is 5.17. The Balaban J connectivity index is 1.05. The van der Waals surface area contributed by atoms with Crippen LogP contribution in [0.25, 0.3) is 0 Å². The molecule has 0 saturated heterocycles. The van der Waals surface area contributed by atoms with Crippen molar-refractivity contribution in [2.45, 2.75) is 19.5 Å². The van der Waals surface area contributed by atoms with Gasteiger partial charge in [0, 0.05) is 30.9 Å². The van der Waals surface area contributed by atoms with E-state index in [1.165, 1.54) is 41.6 Å². The van der Waals surface area contributed by atoms with Crippen LogP contribution in [0.1, 0.15) is 32.6 Å².